The molecule has 0 saturated carbocycles. The van der Waals surface area contributed by atoms with Gasteiger partial charge in [0.1, 0.15) is 30.6 Å². The van der Waals surface area contributed by atoms with Crippen molar-refractivity contribution in [1.82, 2.24) is 15.3 Å². The van der Waals surface area contributed by atoms with E-state index in [1.807, 2.05) is 27.7 Å². The van der Waals surface area contributed by atoms with Crippen LogP contribution in [-0.4, -0.2) is 55.6 Å². The molecular formula is C30H52N4O4. The normalized spacial score (nSPS) is 18.4. The number of hydroxylamine groups is 2. The number of rotatable bonds is 13. The molecule has 1 saturated heterocycles. The van der Waals surface area contributed by atoms with Gasteiger partial charge < -0.3 is 35.7 Å². The number of carbonyl (C=O) groups is 1. The molecule has 8 nitrogen and oxygen atoms in total. The molecule has 0 atom stereocenters. The fraction of sp³-hybridized carbons (Fsp3) is 0.600. The molecule has 4 N–H and O–H groups in total. The second-order valence-electron chi connectivity index (χ2n) is 9.15. The lowest BCUT2D eigenvalue weighted by Crippen LogP contribution is -2.68. The van der Waals surface area contributed by atoms with Crippen molar-refractivity contribution in [3.8, 4) is 5.75 Å². The van der Waals surface area contributed by atoms with Crippen molar-refractivity contribution in [3.63, 3.8) is 0 Å². The molecule has 1 heterocycles. The van der Waals surface area contributed by atoms with E-state index in [-0.39, 0.29) is 18.6 Å². The number of allylic oxidation sites excluding steroid dienone is 1. The minimum absolute atomic E-state index is 0.0351. The molecule has 1 fully saturated rings. The molecule has 1 aliphatic rings. The zero-order valence-electron chi connectivity index (χ0n) is 25.0. The molecule has 0 unspecified atom stereocenters. The van der Waals surface area contributed by atoms with Crippen molar-refractivity contribution < 1.29 is 14.6 Å². The van der Waals surface area contributed by atoms with E-state index in [1.54, 1.807) is 32.0 Å². The molecule has 0 aromatic heterocycles. The van der Waals surface area contributed by atoms with Gasteiger partial charge in [0.2, 0.25) is 0 Å². The maximum absolute atomic E-state index is 13.2. The molecule has 0 spiro atoms. The highest BCUT2D eigenvalue weighted by molar-refractivity contribution is 6.08. The number of amides is 1. The number of ether oxygens (including phenoxy) is 1. The van der Waals surface area contributed by atoms with E-state index in [0.717, 1.165) is 6.42 Å². The van der Waals surface area contributed by atoms with E-state index < -0.39 is 4.65 Å². The second-order valence-corrected chi connectivity index (χ2v) is 9.15. The first-order valence-corrected chi connectivity index (χ1v) is 14.0. The number of carbonyl (C=O) groups excluding carboxylic acids is 1. The topological polar surface area (TPSA) is 118 Å². The van der Waals surface area contributed by atoms with Crippen LogP contribution in [0.25, 0.3) is 5.70 Å². The number of benzene rings is 1. The van der Waals surface area contributed by atoms with Gasteiger partial charge in [0.15, 0.2) is 0 Å². The minimum Gasteiger partial charge on any atom is -0.627 e. The molecule has 1 aromatic carbocycles. The van der Waals surface area contributed by atoms with Crippen molar-refractivity contribution >= 4 is 23.0 Å². The molecule has 8 heteroatoms. The summed E-state index contributed by atoms with van der Waals surface area (Å²) in [7, 11) is 0. The summed E-state index contributed by atoms with van der Waals surface area (Å²) in [6.07, 6.45) is 4.10. The number of nitrogens with one attached hydrogen (secondary N) is 3. The summed E-state index contributed by atoms with van der Waals surface area (Å²) in [5.74, 6) is 0.213. The predicted octanol–water partition coefficient (Wildman–Crippen LogP) is 5.93. The Morgan fingerprint density at radius 2 is 1.74 bits per heavy atom. The number of hydrogen-bond donors (Lipinski definition) is 4. The summed E-state index contributed by atoms with van der Waals surface area (Å²) in [6, 6.07) is 5.28. The van der Waals surface area contributed by atoms with Crippen LogP contribution < -0.4 is 20.0 Å². The summed E-state index contributed by atoms with van der Waals surface area (Å²) < 4.78 is 5.21. The number of aliphatic hydroxyl groups excluding tert-OH is 1. The number of unbranched alkanes of at least 4 members (excludes halogenated alkanes) is 1. The second kappa shape index (κ2) is 18.7. The van der Waals surface area contributed by atoms with Gasteiger partial charge in [-0.2, -0.15) is 0 Å². The summed E-state index contributed by atoms with van der Waals surface area (Å²) in [5.41, 5.74) is 3.04. The molecule has 0 bridgehead atoms. The Balaban J connectivity index is 0.00000208. The van der Waals surface area contributed by atoms with Gasteiger partial charge in [-0.15, -0.1) is 0 Å². The van der Waals surface area contributed by atoms with Gasteiger partial charge in [0.25, 0.3) is 5.91 Å². The molecule has 0 aliphatic carbocycles. The molecule has 1 amide bonds. The Kier molecular flexibility index (Phi) is 17.4. The van der Waals surface area contributed by atoms with Crippen molar-refractivity contribution in [2.24, 2.45) is 0 Å². The van der Waals surface area contributed by atoms with Crippen LogP contribution >= 0.6 is 0 Å². The third kappa shape index (κ3) is 10.7. The molecule has 2 rings (SSSR count). The van der Waals surface area contributed by atoms with Crippen LogP contribution in [0.15, 0.2) is 35.9 Å². The third-order valence-corrected chi connectivity index (χ3v) is 6.25. The van der Waals surface area contributed by atoms with Gasteiger partial charge in [0.05, 0.1) is 13.2 Å². The average molecular weight is 533 g/mol. The van der Waals surface area contributed by atoms with Crippen LogP contribution in [0.4, 0.5) is 5.69 Å². The Labute approximate surface area is 230 Å². The van der Waals surface area contributed by atoms with E-state index >= 15 is 0 Å². The van der Waals surface area contributed by atoms with E-state index in [2.05, 4.69) is 31.1 Å². The minimum atomic E-state index is -0.490. The van der Waals surface area contributed by atoms with Crippen molar-refractivity contribution in [1.29, 1.82) is 5.41 Å². The molecule has 38 heavy (non-hydrogen) atoms. The van der Waals surface area contributed by atoms with Crippen LogP contribution in [0.5, 0.6) is 5.75 Å². The van der Waals surface area contributed by atoms with E-state index in [0.29, 0.717) is 72.2 Å². The van der Waals surface area contributed by atoms with Gasteiger partial charge in [-0.05, 0) is 38.8 Å². The van der Waals surface area contributed by atoms with Gasteiger partial charge in [0, 0.05) is 41.2 Å². The maximum Gasteiger partial charge on any atom is 0.251 e. The summed E-state index contributed by atoms with van der Waals surface area (Å²) >= 11 is 0. The summed E-state index contributed by atoms with van der Waals surface area (Å²) in [4.78, 5) is 12.8. The first kappa shape index (κ1) is 35.5. The highest BCUT2D eigenvalue weighted by atomic mass is 16.6. The lowest BCUT2D eigenvalue weighted by molar-refractivity contribution is -0.116. The largest absolute Gasteiger partial charge is 0.627 e. The van der Waals surface area contributed by atoms with Crippen molar-refractivity contribution in [2.75, 3.05) is 32.8 Å². The Morgan fingerprint density at radius 1 is 1.13 bits per heavy atom. The number of quaternary nitrogens is 1. The fourth-order valence-electron chi connectivity index (χ4n) is 3.69. The Hall–Kier alpha value is -2.52. The lowest BCUT2D eigenvalue weighted by Gasteiger charge is -2.53. The van der Waals surface area contributed by atoms with Crippen LogP contribution in [0, 0.1) is 10.6 Å². The van der Waals surface area contributed by atoms with Gasteiger partial charge in [-0.1, -0.05) is 60.5 Å². The third-order valence-electron chi connectivity index (χ3n) is 6.25. The average Bonchev–Trinajstić information content (AvgIpc) is 2.91. The summed E-state index contributed by atoms with van der Waals surface area (Å²) in [6.45, 7) is 21.4. The molecular weight excluding hydrogens is 480 g/mol. The van der Waals surface area contributed by atoms with Crippen LogP contribution in [0.1, 0.15) is 86.6 Å². The fourth-order valence-corrected chi connectivity index (χ4v) is 3.69. The Morgan fingerprint density at radius 3 is 2.24 bits per heavy atom. The smallest absolute Gasteiger partial charge is 0.251 e. The monoisotopic (exact) mass is 532 g/mol. The van der Waals surface area contributed by atoms with E-state index in [1.165, 1.54) is 12.8 Å². The van der Waals surface area contributed by atoms with Gasteiger partial charge >= 0.3 is 0 Å². The standard InChI is InChI=1S/C24H36N4O4.C4H10.C2H6/c1-6-8-22(25)16(3)17(4)24(30)27-18(5)21-13-20(9-10-23(21)32-7-2)28(31)14-19(15-28)26-11-12-29;1-3-4-2;1-2/h9-10,13,19,25-26,29H,5-8,11-12,14-15H2,1-4H3,(H,27,30);3-4H2,1-2H3;1-2H3/b17-16+,25-22?;;. The van der Waals surface area contributed by atoms with Crippen LogP contribution in [0.3, 0.4) is 0 Å². The number of aliphatic hydroxyl groups is 1. The number of hydrogen-bond acceptors (Lipinski definition) is 6. The Bertz CT molecular complexity index is 919. The van der Waals surface area contributed by atoms with Gasteiger partial charge in [-0.25, -0.2) is 0 Å². The molecule has 1 aliphatic heterocycles. The van der Waals surface area contributed by atoms with Crippen molar-refractivity contribution in [3.05, 3.63) is 46.7 Å². The first-order valence-electron chi connectivity index (χ1n) is 14.0. The van der Waals surface area contributed by atoms with Gasteiger partial charge in [-0.3, -0.25) is 4.79 Å². The lowest BCUT2D eigenvalue weighted by atomic mass is 10.0. The predicted molar refractivity (Wildman–Crippen MR) is 161 cm³/mol. The first-order chi connectivity index (χ1) is 18.1. The molecule has 216 valence electrons. The van der Waals surface area contributed by atoms with Crippen LogP contribution in [0.2, 0.25) is 0 Å². The quantitative estimate of drug-likeness (QED) is 0.109. The number of nitrogens with zero attached hydrogens (tertiary/aromatic N) is 1. The van der Waals surface area contributed by atoms with E-state index in [9.17, 15) is 10.0 Å². The molecule has 0 radical (unpaired) electrons. The zero-order valence-corrected chi connectivity index (χ0v) is 25.0. The van der Waals surface area contributed by atoms with Crippen molar-refractivity contribution in [2.45, 2.75) is 87.1 Å². The van der Waals surface area contributed by atoms with E-state index in [4.69, 9.17) is 15.3 Å². The highest BCUT2D eigenvalue weighted by Crippen LogP contribution is 2.35. The van der Waals surface area contributed by atoms with Crippen LogP contribution in [-0.2, 0) is 4.79 Å². The SMILES string of the molecule is C=C(NC(=O)/C(C)=C(\C)C(=N)CCC)c1cc([N+]2([O-])CC(NCCO)C2)ccc1OCC.CC.CCCC. The maximum atomic E-state index is 13.2. The summed E-state index contributed by atoms with van der Waals surface area (Å²) in [5, 5.41) is 36.2. The highest BCUT2D eigenvalue weighted by Gasteiger charge is 2.39. The molecule has 1 aromatic rings. The zero-order chi connectivity index (χ0) is 29.3.